The molecule has 1 aliphatic rings. The SMILES string of the molecule is Cc1cccc(NC(=O)N2Cc3ccccc3-n3cccc3C2c2cc(F)cc(F)c2)c1. The zero-order chi connectivity index (χ0) is 22.2. The Bertz CT molecular complexity index is 1290. The van der Waals surface area contributed by atoms with Crippen LogP contribution in [0.2, 0.25) is 0 Å². The molecule has 6 heteroatoms. The molecule has 4 aromatic rings. The van der Waals surface area contributed by atoms with Gasteiger partial charge in [-0.25, -0.2) is 13.6 Å². The van der Waals surface area contributed by atoms with Gasteiger partial charge in [-0.2, -0.15) is 0 Å². The number of aryl methyl sites for hydroxylation is 1. The summed E-state index contributed by atoms with van der Waals surface area (Å²) in [5, 5.41) is 2.95. The first-order valence-corrected chi connectivity index (χ1v) is 10.4. The Morgan fingerprint density at radius 2 is 1.72 bits per heavy atom. The van der Waals surface area contributed by atoms with Crippen LogP contribution in [0.3, 0.4) is 0 Å². The third kappa shape index (κ3) is 3.64. The molecule has 1 unspecified atom stereocenters. The van der Waals surface area contributed by atoms with Gasteiger partial charge in [0, 0.05) is 23.6 Å². The van der Waals surface area contributed by atoms with Crippen LogP contribution in [-0.2, 0) is 6.54 Å². The third-order valence-corrected chi connectivity index (χ3v) is 5.69. The lowest BCUT2D eigenvalue weighted by Gasteiger charge is -2.31. The molecular formula is C26H21F2N3O. The molecule has 3 aromatic carbocycles. The second-order valence-corrected chi connectivity index (χ2v) is 7.96. The number of nitrogens with one attached hydrogen (secondary N) is 1. The topological polar surface area (TPSA) is 37.3 Å². The van der Waals surface area contributed by atoms with Crippen molar-refractivity contribution in [2.75, 3.05) is 5.32 Å². The van der Waals surface area contributed by atoms with Crippen molar-refractivity contribution in [3.63, 3.8) is 0 Å². The molecule has 0 bridgehead atoms. The molecule has 1 atom stereocenters. The number of hydrogen-bond donors (Lipinski definition) is 1. The largest absolute Gasteiger partial charge is 0.322 e. The van der Waals surface area contributed by atoms with Gasteiger partial charge in [0.1, 0.15) is 11.6 Å². The van der Waals surface area contributed by atoms with E-state index in [0.29, 0.717) is 11.3 Å². The number of carbonyl (C=O) groups excluding carboxylic acids is 1. The van der Waals surface area contributed by atoms with E-state index in [2.05, 4.69) is 5.32 Å². The molecule has 2 heterocycles. The predicted molar refractivity (Wildman–Crippen MR) is 120 cm³/mol. The van der Waals surface area contributed by atoms with Crippen LogP contribution in [0, 0.1) is 18.6 Å². The maximum absolute atomic E-state index is 14.2. The number of aromatic nitrogens is 1. The lowest BCUT2D eigenvalue weighted by atomic mass is 10.0. The molecule has 0 radical (unpaired) electrons. The summed E-state index contributed by atoms with van der Waals surface area (Å²) in [6, 6.07) is 21.4. The van der Waals surface area contributed by atoms with E-state index in [9.17, 15) is 13.6 Å². The second-order valence-electron chi connectivity index (χ2n) is 7.96. The van der Waals surface area contributed by atoms with Crippen LogP contribution < -0.4 is 5.32 Å². The van der Waals surface area contributed by atoms with Gasteiger partial charge in [0.15, 0.2) is 0 Å². The lowest BCUT2D eigenvalue weighted by molar-refractivity contribution is 0.194. The van der Waals surface area contributed by atoms with Crippen LogP contribution in [0.5, 0.6) is 0 Å². The molecule has 4 nitrogen and oxygen atoms in total. The van der Waals surface area contributed by atoms with Gasteiger partial charge in [-0.1, -0.05) is 30.3 Å². The van der Waals surface area contributed by atoms with E-state index in [1.807, 2.05) is 78.4 Å². The number of para-hydroxylation sites is 1. The summed E-state index contributed by atoms with van der Waals surface area (Å²) in [5.41, 5.74) is 4.66. The molecule has 5 rings (SSSR count). The summed E-state index contributed by atoms with van der Waals surface area (Å²) >= 11 is 0. The summed E-state index contributed by atoms with van der Waals surface area (Å²) in [5.74, 6) is -1.36. The molecule has 32 heavy (non-hydrogen) atoms. The van der Waals surface area contributed by atoms with Crippen LogP contribution in [0.25, 0.3) is 5.69 Å². The number of rotatable bonds is 2. The van der Waals surface area contributed by atoms with Gasteiger partial charge in [0.05, 0.1) is 18.3 Å². The van der Waals surface area contributed by atoms with Gasteiger partial charge in [0.25, 0.3) is 0 Å². The fraction of sp³-hybridized carbons (Fsp3) is 0.115. The highest BCUT2D eigenvalue weighted by Gasteiger charge is 2.33. The molecule has 0 spiro atoms. The highest BCUT2D eigenvalue weighted by Crippen LogP contribution is 2.37. The number of fused-ring (bicyclic) bond motifs is 3. The quantitative estimate of drug-likeness (QED) is 0.405. The van der Waals surface area contributed by atoms with Crippen molar-refractivity contribution in [2.45, 2.75) is 19.5 Å². The molecule has 1 N–H and O–H groups in total. The van der Waals surface area contributed by atoms with Crippen molar-refractivity contribution in [3.8, 4) is 5.69 Å². The minimum Gasteiger partial charge on any atom is -0.318 e. The van der Waals surface area contributed by atoms with Crippen molar-refractivity contribution >= 4 is 11.7 Å². The minimum atomic E-state index is -0.688. The number of halogens is 2. The molecule has 1 aromatic heterocycles. The molecule has 0 aliphatic carbocycles. The molecule has 160 valence electrons. The maximum Gasteiger partial charge on any atom is 0.322 e. The smallest absolute Gasteiger partial charge is 0.318 e. The highest BCUT2D eigenvalue weighted by molar-refractivity contribution is 5.90. The summed E-state index contributed by atoms with van der Waals surface area (Å²) in [4.78, 5) is 15.2. The Balaban J connectivity index is 1.66. The van der Waals surface area contributed by atoms with E-state index in [4.69, 9.17) is 0 Å². The van der Waals surface area contributed by atoms with E-state index < -0.39 is 17.7 Å². The Morgan fingerprint density at radius 1 is 0.938 bits per heavy atom. The van der Waals surface area contributed by atoms with Gasteiger partial charge in [-0.15, -0.1) is 0 Å². The first-order valence-electron chi connectivity index (χ1n) is 10.4. The Labute approximate surface area is 184 Å². The maximum atomic E-state index is 14.2. The van der Waals surface area contributed by atoms with Crippen molar-refractivity contribution in [3.05, 3.63) is 119 Å². The lowest BCUT2D eigenvalue weighted by Crippen LogP contribution is -2.38. The van der Waals surface area contributed by atoms with Crippen LogP contribution in [-0.4, -0.2) is 15.5 Å². The average Bonchev–Trinajstić information content (AvgIpc) is 3.17. The number of benzene rings is 3. The zero-order valence-electron chi connectivity index (χ0n) is 17.4. The molecule has 0 saturated carbocycles. The highest BCUT2D eigenvalue weighted by atomic mass is 19.1. The third-order valence-electron chi connectivity index (χ3n) is 5.69. The monoisotopic (exact) mass is 429 g/mol. The van der Waals surface area contributed by atoms with E-state index in [1.54, 1.807) is 4.90 Å². The minimum absolute atomic E-state index is 0.276. The van der Waals surface area contributed by atoms with Crippen molar-refractivity contribution < 1.29 is 13.6 Å². The van der Waals surface area contributed by atoms with Gasteiger partial charge in [-0.3, -0.25) is 0 Å². The van der Waals surface area contributed by atoms with E-state index in [-0.39, 0.29) is 12.6 Å². The number of urea groups is 1. The van der Waals surface area contributed by atoms with Gasteiger partial charge < -0.3 is 14.8 Å². The summed E-state index contributed by atoms with van der Waals surface area (Å²) < 4.78 is 30.4. The van der Waals surface area contributed by atoms with Gasteiger partial charge >= 0.3 is 6.03 Å². The van der Waals surface area contributed by atoms with Crippen molar-refractivity contribution in [1.29, 1.82) is 0 Å². The summed E-state index contributed by atoms with van der Waals surface area (Å²) in [6.07, 6.45) is 1.90. The van der Waals surface area contributed by atoms with Crippen LogP contribution in [0.15, 0.2) is 85.1 Å². The normalized spacial score (nSPS) is 15.0. The van der Waals surface area contributed by atoms with Crippen molar-refractivity contribution in [2.24, 2.45) is 0 Å². The standard InChI is InChI=1S/C26H21F2N3O/c1-17-6-4-8-22(12-17)29-26(32)31-16-18-7-2-3-9-23(18)30-11-5-10-24(30)25(31)19-13-20(27)15-21(28)14-19/h2-15,25H,16H2,1H3,(H,29,32). The molecular weight excluding hydrogens is 408 g/mol. The molecule has 2 amide bonds. The average molecular weight is 429 g/mol. The molecule has 0 saturated heterocycles. The predicted octanol–water partition coefficient (Wildman–Crippen LogP) is 6.20. The number of anilines is 1. The molecule has 1 aliphatic heterocycles. The number of amides is 2. The van der Waals surface area contributed by atoms with E-state index in [1.165, 1.54) is 12.1 Å². The van der Waals surface area contributed by atoms with E-state index >= 15 is 0 Å². The first kappa shape index (κ1) is 20.0. The Hall–Kier alpha value is -3.93. The summed E-state index contributed by atoms with van der Waals surface area (Å²) in [6.45, 7) is 2.22. The number of carbonyl (C=O) groups is 1. The van der Waals surface area contributed by atoms with Gasteiger partial charge in [-0.05, 0) is 66.1 Å². The Morgan fingerprint density at radius 3 is 2.50 bits per heavy atom. The van der Waals surface area contributed by atoms with Crippen LogP contribution in [0.4, 0.5) is 19.3 Å². The van der Waals surface area contributed by atoms with Crippen molar-refractivity contribution in [1.82, 2.24) is 9.47 Å². The van der Waals surface area contributed by atoms with Crippen LogP contribution in [0.1, 0.15) is 28.4 Å². The zero-order valence-corrected chi connectivity index (χ0v) is 17.4. The van der Waals surface area contributed by atoms with E-state index in [0.717, 1.165) is 28.6 Å². The molecule has 0 fully saturated rings. The fourth-order valence-corrected chi connectivity index (χ4v) is 4.34. The first-order chi connectivity index (χ1) is 15.5. The second kappa shape index (κ2) is 7.96. The van der Waals surface area contributed by atoms with Crippen LogP contribution >= 0.6 is 0 Å². The van der Waals surface area contributed by atoms with Gasteiger partial charge in [0.2, 0.25) is 0 Å². The number of hydrogen-bond acceptors (Lipinski definition) is 1. The number of nitrogens with zero attached hydrogens (tertiary/aromatic N) is 2. The summed E-state index contributed by atoms with van der Waals surface area (Å²) in [7, 11) is 0. The Kier molecular flexibility index (Phi) is 4.98. The fourth-order valence-electron chi connectivity index (χ4n) is 4.34.